The van der Waals surface area contributed by atoms with Crippen molar-refractivity contribution in [3.63, 3.8) is 0 Å². The highest BCUT2D eigenvalue weighted by Crippen LogP contribution is 2.39. The van der Waals surface area contributed by atoms with Gasteiger partial charge in [-0.1, -0.05) is 62.4 Å². The van der Waals surface area contributed by atoms with Gasteiger partial charge in [0, 0.05) is 11.9 Å². The molecule has 6 heteroatoms. The Balaban J connectivity index is 1.49. The molecular formula is C25H25N3O3. The first-order chi connectivity index (χ1) is 15.0. The van der Waals surface area contributed by atoms with E-state index in [-0.39, 0.29) is 12.5 Å². The van der Waals surface area contributed by atoms with Gasteiger partial charge in [0.2, 0.25) is 5.88 Å². The maximum absolute atomic E-state index is 12.2. The van der Waals surface area contributed by atoms with Crippen molar-refractivity contribution >= 4 is 33.3 Å². The highest BCUT2D eigenvalue weighted by atomic mass is 16.5. The highest BCUT2D eigenvalue weighted by molar-refractivity contribution is 5.95. The Labute approximate surface area is 180 Å². The number of azo groups is 1. The summed E-state index contributed by atoms with van der Waals surface area (Å²) >= 11 is 0. The molecule has 0 saturated heterocycles. The van der Waals surface area contributed by atoms with Crippen molar-refractivity contribution in [2.45, 2.75) is 26.8 Å². The Hall–Kier alpha value is -3.67. The van der Waals surface area contributed by atoms with Crippen LogP contribution in [0.4, 0.5) is 5.69 Å². The summed E-state index contributed by atoms with van der Waals surface area (Å²) in [6, 6.07) is 21.2. The fraction of sp³-hybridized carbons (Fsp3) is 0.240. The lowest BCUT2D eigenvalue weighted by Gasteiger charge is -2.08. The maximum Gasteiger partial charge on any atom is 0.302 e. The molecule has 158 valence electrons. The topological polar surface area (TPSA) is 76.2 Å². The van der Waals surface area contributed by atoms with E-state index in [1.54, 1.807) is 0 Å². The smallest absolute Gasteiger partial charge is 0.302 e. The average Bonchev–Trinajstić information content (AvgIpc) is 3.05. The number of para-hydroxylation sites is 1. The number of hydrogen-bond donors (Lipinski definition) is 1. The molecule has 0 atom stereocenters. The number of hydrogen-bond acceptors (Lipinski definition) is 4. The zero-order valence-corrected chi connectivity index (χ0v) is 17.7. The van der Waals surface area contributed by atoms with Crippen molar-refractivity contribution in [3.05, 3.63) is 66.7 Å². The predicted molar refractivity (Wildman–Crippen MR) is 122 cm³/mol. The van der Waals surface area contributed by atoms with E-state index < -0.39 is 5.91 Å². The molecule has 0 bridgehead atoms. The Morgan fingerprint density at radius 1 is 1.03 bits per heavy atom. The molecule has 4 rings (SSSR count). The minimum absolute atomic E-state index is 0.0221. The summed E-state index contributed by atoms with van der Waals surface area (Å²) in [4.78, 5) is 12.2. The molecule has 0 aliphatic heterocycles. The second kappa shape index (κ2) is 9.00. The van der Waals surface area contributed by atoms with Gasteiger partial charge in [0.1, 0.15) is 5.75 Å². The van der Waals surface area contributed by atoms with Crippen LogP contribution in [-0.2, 0) is 11.3 Å². The van der Waals surface area contributed by atoms with Gasteiger partial charge in [0.25, 0.3) is 0 Å². The van der Waals surface area contributed by atoms with Gasteiger partial charge in [-0.05, 0) is 41.3 Å². The number of aryl methyl sites for hydroxylation is 1. The summed E-state index contributed by atoms with van der Waals surface area (Å²) < 4.78 is 7.40. The quantitative estimate of drug-likeness (QED) is 0.363. The van der Waals surface area contributed by atoms with Crippen LogP contribution in [0.3, 0.4) is 0 Å². The summed E-state index contributed by atoms with van der Waals surface area (Å²) in [5.74, 6) is 0.593. The first-order valence-corrected chi connectivity index (χ1v) is 10.4. The number of benzene rings is 3. The van der Waals surface area contributed by atoms with Crippen molar-refractivity contribution in [1.29, 1.82) is 0 Å². The minimum Gasteiger partial charge on any atom is -0.493 e. The van der Waals surface area contributed by atoms with E-state index >= 15 is 0 Å². The molecule has 1 aromatic heterocycles. The van der Waals surface area contributed by atoms with Crippen LogP contribution in [0.15, 0.2) is 77.0 Å². The fourth-order valence-electron chi connectivity index (χ4n) is 3.52. The van der Waals surface area contributed by atoms with E-state index in [0.717, 1.165) is 28.1 Å². The summed E-state index contributed by atoms with van der Waals surface area (Å²) in [5.41, 5.74) is 1.17. The average molecular weight is 415 g/mol. The van der Waals surface area contributed by atoms with Gasteiger partial charge in [-0.15, -0.1) is 10.2 Å². The monoisotopic (exact) mass is 415 g/mol. The third kappa shape index (κ3) is 4.58. The molecule has 0 aliphatic carbocycles. The van der Waals surface area contributed by atoms with Crippen LogP contribution in [0.1, 0.15) is 20.3 Å². The molecule has 6 nitrogen and oxygen atoms in total. The maximum atomic E-state index is 12.2. The molecular weight excluding hydrogens is 390 g/mol. The normalized spacial score (nSPS) is 11.7. The fourth-order valence-corrected chi connectivity index (χ4v) is 3.52. The zero-order valence-electron chi connectivity index (χ0n) is 17.7. The number of carbonyl (C=O) groups is 1. The lowest BCUT2D eigenvalue weighted by molar-refractivity contribution is -0.120. The second-order valence-electron chi connectivity index (χ2n) is 7.91. The Bertz CT molecular complexity index is 1260. The van der Waals surface area contributed by atoms with Gasteiger partial charge in [0.15, 0.2) is 12.3 Å². The Morgan fingerprint density at radius 2 is 1.77 bits per heavy atom. The van der Waals surface area contributed by atoms with Gasteiger partial charge in [0.05, 0.1) is 5.52 Å². The number of carbonyl (C=O) groups excluding carboxylic acids is 1. The molecule has 4 aromatic rings. The van der Waals surface area contributed by atoms with Crippen molar-refractivity contribution in [2.75, 3.05) is 6.61 Å². The highest BCUT2D eigenvalue weighted by Gasteiger charge is 2.17. The number of nitrogens with zero attached hydrogens (tertiary/aromatic N) is 3. The SMILES string of the molecule is CC(C)CCn1c(O)c(N=NC(=O)COc2ccc3ccccc3c2)c2ccccc21. The molecule has 0 saturated carbocycles. The van der Waals surface area contributed by atoms with Gasteiger partial charge in [-0.2, -0.15) is 0 Å². The third-order valence-corrected chi connectivity index (χ3v) is 5.19. The molecule has 1 N–H and O–H groups in total. The Morgan fingerprint density at radius 3 is 2.58 bits per heavy atom. The largest absolute Gasteiger partial charge is 0.493 e. The first kappa shape index (κ1) is 20.6. The number of ether oxygens (including phenoxy) is 1. The van der Waals surface area contributed by atoms with Crippen LogP contribution in [0.2, 0.25) is 0 Å². The predicted octanol–water partition coefficient (Wildman–Crippen LogP) is 6.24. The van der Waals surface area contributed by atoms with Crippen LogP contribution < -0.4 is 4.74 Å². The number of aromatic hydroxyl groups is 1. The van der Waals surface area contributed by atoms with Gasteiger partial charge < -0.3 is 14.4 Å². The van der Waals surface area contributed by atoms with Crippen LogP contribution >= 0.6 is 0 Å². The lowest BCUT2D eigenvalue weighted by Crippen LogP contribution is -2.07. The van der Waals surface area contributed by atoms with Gasteiger partial charge in [-0.25, -0.2) is 0 Å². The summed E-state index contributed by atoms with van der Waals surface area (Å²) in [5, 5.41) is 21.5. The van der Waals surface area contributed by atoms with Crippen LogP contribution in [-0.4, -0.2) is 22.2 Å². The molecule has 1 heterocycles. The first-order valence-electron chi connectivity index (χ1n) is 10.4. The molecule has 0 radical (unpaired) electrons. The van der Waals surface area contributed by atoms with Crippen LogP contribution in [0.5, 0.6) is 11.6 Å². The molecule has 31 heavy (non-hydrogen) atoms. The van der Waals surface area contributed by atoms with Gasteiger partial charge >= 0.3 is 5.91 Å². The zero-order chi connectivity index (χ0) is 21.8. The molecule has 0 spiro atoms. The minimum atomic E-state index is -0.522. The van der Waals surface area contributed by atoms with E-state index in [1.807, 2.05) is 71.3 Å². The van der Waals surface area contributed by atoms with Crippen molar-refractivity contribution in [3.8, 4) is 11.6 Å². The second-order valence-corrected chi connectivity index (χ2v) is 7.91. The molecule has 3 aromatic carbocycles. The Kier molecular flexibility index (Phi) is 5.98. The van der Waals surface area contributed by atoms with E-state index in [9.17, 15) is 9.90 Å². The number of rotatable bonds is 7. The van der Waals surface area contributed by atoms with E-state index in [2.05, 4.69) is 24.1 Å². The lowest BCUT2D eigenvalue weighted by atomic mass is 10.1. The van der Waals surface area contributed by atoms with Crippen LogP contribution in [0.25, 0.3) is 21.7 Å². The van der Waals surface area contributed by atoms with Crippen molar-refractivity contribution in [1.82, 2.24) is 4.57 Å². The summed E-state index contributed by atoms with van der Waals surface area (Å²) in [6.07, 6.45) is 0.918. The summed E-state index contributed by atoms with van der Waals surface area (Å²) in [7, 11) is 0. The van der Waals surface area contributed by atoms with Gasteiger partial charge in [-0.3, -0.25) is 4.79 Å². The van der Waals surface area contributed by atoms with E-state index in [1.165, 1.54) is 0 Å². The summed E-state index contributed by atoms with van der Waals surface area (Å²) in [6.45, 7) is 4.71. The third-order valence-electron chi connectivity index (χ3n) is 5.19. The molecule has 0 aliphatic rings. The van der Waals surface area contributed by atoms with Crippen molar-refractivity contribution in [2.24, 2.45) is 16.1 Å². The standard InChI is InChI=1S/C25H25N3O3/c1-17(2)13-14-28-22-10-6-5-9-21(22)24(25(28)30)27-26-23(29)16-31-20-12-11-18-7-3-4-8-19(18)15-20/h3-12,15,17,30H,13-14,16H2,1-2H3. The van der Waals surface area contributed by atoms with E-state index in [0.29, 0.717) is 23.9 Å². The molecule has 1 amide bonds. The van der Waals surface area contributed by atoms with Crippen molar-refractivity contribution < 1.29 is 14.6 Å². The van der Waals surface area contributed by atoms with E-state index in [4.69, 9.17) is 4.74 Å². The number of amides is 1. The number of fused-ring (bicyclic) bond motifs is 2. The van der Waals surface area contributed by atoms with Crippen LogP contribution in [0, 0.1) is 5.92 Å². The molecule has 0 unspecified atom stereocenters. The molecule has 0 fully saturated rings. The number of aromatic nitrogens is 1.